The number of hydrogen-bond donors (Lipinski definition) is 3. The third-order valence-corrected chi connectivity index (χ3v) is 5.48. The average Bonchev–Trinajstić information content (AvgIpc) is 2.87. The van der Waals surface area contributed by atoms with Crippen LogP contribution in [0.3, 0.4) is 0 Å². The van der Waals surface area contributed by atoms with Crippen molar-refractivity contribution in [3.63, 3.8) is 0 Å². The predicted molar refractivity (Wildman–Crippen MR) is 138 cm³/mol. The van der Waals surface area contributed by atoms with Gasteiger partial charge < -0.3 is 16.0 Å². The van der Waals surface area contributed by atoms with E-state index >= 15 is 0 Å². The number of aromatic nitrogens is 2. The molecule has 166 valence electrons. The van der Waals surface area contributed by atoms with Gasteiger partial charge in [0.15, 0.2) is 0 Å². The van der Waals surface area contributed by atoms with E-state index in [2.05, 4.69) is 25.9 Å². The Labute approximate surface area is 201 Å². The summed E-state index contributed by atoms with van der Waals surface area (Å²) in [5, 5.41) is 11.2. The summed E-state index contributed by atoms with van der Waals surface area (Å²) >= 11 is 6.15. The average molecular weight is 466 g/mol. The fourth-order valence-electron chi connectivity index (χ4n) is 3.53. The molecule has 1 amide bonds. The maximum atomic E-state index is 12.7. The number of benzene rings is 3. The lowest BCUT2D eigenvalue weighted by molar-refractivity contribution is 0.102. The molecule has 3 aromatic carbocycles. The smallest absolute Gasteiger partial charge is 0.255 e. The highest BCUT2D eigenvalue weighted by Crippen LogP contribution is 2.28. The molecule has 6 nitrogen and oxygen atoms in total. The van der Waals surface area contributed by atoms with Crippen LogP contribution in [0.15, 0.2) is 104 Å². The normalized spacial score (nSPS) is 10.6. The highest BCUT2D eigenvalue weighted by Gasteiger charge is 2.08. The molecule has 0 unspecified atom stereocenters. The van der Waals surface area contributed by atoms with Crippen molar-refractivity contribution >= 4 is 56.8 Å². The van der Waals surface area contributed by atoms with Crippen molar-refractivity contribution in [3.8, 4) is 0 Å². The summed E-state index contributed by atoms with van der Waals surface area (Å²) in [5.74, 6) is -0.178. The number of carbonyl (C=O) groups is 1. The summed E-state index contributed by atoms with van der Waals surface area (Å²) in [4.78, 5) is 21.1. The topological polar surface area (TPSA) is 78.9 Å². The maximum absolute atomic E-state index is 12.7. The minimum absolute atomic E-state index is 0.178. The third kappa shape index (κ3) is 4.98. The number of nitrogens with zero attached hydrogens (tertiary/aromatic N) is 2. The van der Waals surface area contributed by atoms with Crippen LogP contribution >= 0.6 is 11.6 Å². The maximum Gasteiger partial charge on any atom is 0.255 e. The SMILES string of the molecule is O=C(Nc1ccc(Nc2ccncc2)cc1)c1ccc(Nc2ccnc3ccc(Cl)cc23)cc1. The van der Waals surface area contributed by atoms with E-state index in [1.807, 2.05) is 72.8 Å². The number of rotatable bonds is 6. The number of anilines is 5. The molecule has 3 N–H and O–H groups in total. The van der Waals surface area contributed by atoms with Gasteiger partial charge >= 0.3 is 0 Å². The monoisotopic (exact) mass is 465 g/mol. The first kappa shape index (κ1) is 21.4. The molecule has 0 aliphatic heterocycles. The molecule has 0 saturated carbocycles. The van der Waals surface area contributed by atoms with E-state index in [-0.39, 0.29) is 5.91 Å². The highest BCUT2D eigenvalue weighted by molar-refractivity contribution is 6.31. The molecule has 5 rings (SSSR count). The summed E-state index contributed by atoms with van der Waals surface area (Å²) < 4.78 is 0. The van der Waals surface area contributed by atoms with Crippen LogP contribution in [0, 0.1) is 0 Å². The van der Waals surface area contributed by atoms with Crippen molar-refractivity contribution in [2.45, 2.75) is 0 Å². The summed E-state index contributed by atoms with van der Waals surface area (Å²) in [6, 6.07) is 26.1. The number of pyridine rings is 2. The van der Waals surface area contributed by atoms with E-state index in [0.717, 1.165) is 33.7 Å². The molecule has 0 spiro atoms. The number of amides is 1. The lowest BCUT2D eigenvalue weighted by atomic mass is 10.1. The Kier molecular flexibility index (Phi) is 6.05. The fourth-order valence-corrected chi connectivity index (χ4v) is 3.70. The van der Waals surface area contributed by atoms with Gasteiger partial charge in [0.05, 0.1) is 5.52 Å². The first-order chi connectivity index (χ1) is 16.6. The van der Waals surface area contributed by atoms with Gasteiger partial charge in [-0.05, 0) is 84.9 Å². The largest absolute Gasteiger partial charge is 0.355 e. The number of fused-ring (bicyclic) bond motifs is 1. The van der Waals surface area contributed by atoms with E-state index in [0.29, 0.717) is 16.3 Å². The number of carbonyl (C=O) groups excluding carboxylic acids is 1. The second-order valence-corrected chi connectivity index (χ2v) is 8.05. The molecule has 0 radical (unpaired) electrons. The van der Waals surface area contributed by atoms with E-state index in [4.69, 9.17) is 11.6 Å². The minimum Gasteiger partial charge on any atom is -0.355 e. The van der Waals surface area contributed by atoms with Crippen molar-refractivity contribution in [2.75, 3.05) is 16.0 Å². The van der Waals surface area contributed by atoms with E-state index in [9.17, 15) is 4.79 Å². The van der Waals surface area contributed by atoms with Gasteiger partial charge in [0, 0.05) is 63.0 Å². The second kappa shape index (κ2) is 9.60. The van der Waals surface area contributed by atoms with Crippen LogP contribution in [0.1, 0.15) is 10.4 Å². The minimum atomic E-state index is -0.178. The van der Waals surface area contributed by atoms with Gasteiger partial charge in [-0.2, -0.15) is 0 Å². The van der Waals surface area contributed by atoms with Crippen LogP contribution in [0.4, 0.5) is 28.4 Å². The molecule has 5 aromatic rings. The molecule has 2 aromatic heterocycles. The van der Waals surface area contributed by atoms with Gasteiger partial charge in [-0.15, -0.1) is 0 Å². The molecule has 0 aliphatic rings. The number of halogens is 1. The van der Waals surface area contributed by atoms with Crippen LogP contribution in [-0.2, 0) is 0 Å². The third-order valence-electron chi connectivity index (χ3n) is 5.24. The summed E-state index contributed by atoms with van der Waals surface area (Å²) in [5.41, 5.74) is 5.75. The van der Waals surface area contributed by atoms with Crippen LogP contribution < -0.4 is 16.0 Å². The van der Waals surface area contributed by atoms with E-state index in [1.165, 1.54) is 0 Å². The van der Waals surface area contributed by atoms with Crippen LogP contribution in [0.25, 0.3) is 10.9 Å². The fraction of sp³-hybridized carbons (Fsp3) is 0. The Balaban J connectivity index is 1.24. The van der Waals surface area contributed by atoms with Crippen LogP contribution in [0.2, 0.25) is 5.02 Å². The van der Waals surface area contributed by atoms with Crippen LogP contribution in [-0.4, -0.2) is 15.9 Å². The Bertz CT molecular complexity index is 1440. The van der Waals surface area contributed by atoms with Crippen molar-refractivity contribution in [2.24, 2.45) is 0 Å². The Morgan fingerprint density at radius 2 is 1.32 bits per heavy atom. The van der Waals surface area contributed by atoms with Crippen molar-refractivity contribution in [3.05, 3.63) is 114 Å². The van der Waals surface area contributed by atoms with Gasteiger partial charge in [-0.1, -0.05) is 11.6 Å². The lowest BCUT2D eigenvalue weighted by Crippen LogP contribution is -2.11. The van der Waals surface area contributed by atoms with Gasteiger partial charge in [0.1, 0.15) is 0 Å². The van der Waals surface area contributed by atoms with Gasteiger partial charge in [0.2, 0.25) is 0 Å². The zero-order valence-electron chi connectivity index (χ0n) is 18.0. The summed E-state index contributed by atoms with van der Waals surface area (Å²) in [6.07, 6.45) is 5.21. The summed E-state index contributed by atoms with van der Waals surface area (Å²) in [6.45, 7) is 0. The number of nitrogens with one attached hydrogen (secondary N) is 3. The molecule has 7 heteroatoms. The molecule has 0 aliphatic carbocycles. The molecule has 0 fully saturated rings. The molecule has 0 atom stereocenters. The molecular formula is C27H20ClN5O. The second-order valence-electron chi connectivity index (χ2n) is 7.61. The van der Waals surface area contributed by atoms with E-state index in [1.54, 1.807) is 30.7 Å². The lowest BCUT2D eigenvalue weighted by Gasteiger charge is -2.11. The quantitative estimate of drug-likeness (QED) is 0.251. The van der Waals surface area contributed by atoms with Crippen molar-refractivity contribution in [1.29, 1.82) is 0 Å². The molecule has 0 saturated heterocycles. The predicted octanol–water partition coefficient (Wildman–Crippen LogP) is 7.02. The Morgan fingerprint density at radius 3 is 2.09 bits per heavy atom. The highest BCUT2D eigenvalue weighted by atomic mass is 35.5. The molecule has 0 bridgehead atoms. The van der Waals surface area contributed by atoms with E-state index < -0.39 is 0 Å². The number of hydrogen-bond acceptors (Lipinski definition) is 5. The Hall–Kier alpha value is -4.42. The first-order valence-electron chi connectivity index (χ1n) is 10.6. The van der Waals surface area contributed by atoms with Crippen molar-refractivity contribution in [1.82, 2.24) is 9.97 Å². The van der Waals surface area contributed by atoms with Gasteiger partial charge in [-0.3, -0.25) is 14.8 Å². The Morgan fingerprint density at radius 1 is 0.676 bits per heavy atom. The van der Waals surface area contributed by atoms with Crippen LogP contribution in [0.5, 0.6) is 0 Å². The van der Waals surface area contributed by atoms with Crippen molar-refractivity contribution < 1.29 is 4.79 Å². The van der Waals surface area contributed by atoms with Gasteiger partial charge in [-0.25, -0.2) is 0 Å². The summed E-state index contributed by atoms with van der Waals surface area (Å²) in [7, 11) is 0. The molecule has 34 heavy (non-hydrogen) atoms. The first-order valence-corrected chi connectivity index (χ1v) is 11.0. The molecule has 2 heterocycles. The zero-order chi connectivity index (χ0) is 23.3. The zero-order valence-corrected chi connectivity index (χ0v) is 18.8. The standard InChI is InChI=1S/C27H20ClN5O/c28-19-3-10-25-24(17-19)26(13-16-30-25)32-21-4-1-18(2-5-21)27(34)33-22-8-6-20(7-9-22)31-23-11-14-29-15-12-23/h1-17H,(H,29,31)(H,30,32)(H,33,34). The van der Waals surface area contributed by atoms with Gasteiger partial charge in [0.25, 0.3) is 5.91 Å². The molecular weight excluding hydrogens is 446 g/mol.